The fourth-order valence-electron chi connectivity index (χ4n) is 2.47. The average Bonchev–Trinajstić information content (AvgIpc) is 2.64. The van der Waals surface area contributed by atoms with Crippen LogP contribution >= 0.6 is 0 Å². The van der Waals surface area contributed by atoms with E-state index in [1.165, 1.54) is 0 Å². The van der Waals surface area contributed by atoms with Crippen LogP contribution < -0.4 is 19.5 Å². The molecule has 2 rings (SSSR count). The normalized spacial score (nSPS) is 10.2. The summed E-state index contributed by atoms with van der Waals surface area (Å²) in [5.74, 6) is 2.06. The number of nitrogens with one attached hydrogen (secondary N) is 1. The molecule has 134 valence electrons. The van der Waals surface area contributed by atoms with Crippen molar-refractivity contribution in [1.29, 1.82) is 0 Å². The van der Waals surface area contributed by atoms with Crippen LogP contribution in [0.15, 0.2) is 42.5 Å². The zero-order chi connectivity index (χ0) is 18.1. The third-order valence-corrected chi connectivity index (χ3v) is 3.86. The quantitative estimate of drug-likeness (QED) is 0.711. The Morgan fingerprint density at radius 1 is 1.00 bits per heavy atom. The van der Waals surface area contributed by atoms with Gasteiger partial charge in [0.25, 0.3) is 5.91 Å². The number of ether oxygens (including phenoxy) is 3. The minimum absolute atomic E-state index is 0.0290. The largest absolute Gasteiger partial charge is 0.493 e. The summed E-state index contributed by atoms with van der Waals surface area (Å²) >= 11 is 0. The second-order valence-electron chi connectivity index (χ2n) is 5.70. The van der Waals surface area contributed by atoms with Crippen molar-refractivity contribution in [2.24, 2.45) is 0 Å². The molecule has 0 saturated carbocycles. The summed E-state index contributed by atoms with van der Waals surface area (Å²) in [7, 11) is 3.24. The lowest BCUT2D eigenvalue weighted by molar-refractivity contribution is -0.123. The van der Waals surface area contributed by atoms with Gasteiger partial charge in [-0.25, -0.2) is 0 Å². The summed E-state index contributed by atoms with van der Waals surface area (Å²) in [4.78, 5) is 11.9. The number of rotatable bonds is 9. The third-order valence-electron chi connectivity index (χ3n) is 3.86. The van der Waals surface area contributed by atoms with E-state index in [2.05, 4.69) is 5.32 Å². The molecule has 2 aromatic carbocycles. The Kier molecular flexibility index (Phi) is 7.14. The smallest absolute Gasteiger partial charge is 0.257 e. The first-order valence-corrected chi connectivity index (χ1v) is 8.30. The maximum atomic E-state index is 11.9. The summed E-state index contributed by atoms with van der Waals surface area (Å²) in [6.07, 6.45) is 1.69. The highest BCUT2D eigenvalue weighted by molar-refractivity contribution is 5.77. The Morgan fingerprint density at radius 3 is 2.48 bits per heavy atom. The molecule has 2 aromatic rings. The highest BCUT2D eigenvalue weighted by Crippen LogP contribution is 2.27. The Hall–Kier alpha value is -2.69. The van der Waals surface area contributed by atoms with Gasteiger partial charge < -0.3 is 19.5 Å². The zero-order valence-corrected chi connectivity index (χ0v) is 15.0. The number of methoxy groups -OCH3 is 2. The fourth-order valence-corrected chi connectivity index (χ4v) is 2.47. The van der Waals surface area contributed by atoms with Gasteiger partial charge in [-0.05, 0) is 49.1 Å². The Morgan fingerprint density at radius 2 is 1.76 bits per heavy atom. The molecule has 0 atom stereocenters. The molecule has 0 bridgehead atoms. The Balaban J connectivity index is 1.70. The van der Waals surface area contributed by atoms with E-state index in [-0.39, 0.29) is 12.5 Å². The van der Waals surface area contributed by atoms with E-state index in [1.807, 2.05) is 49.4 Å². The monoisotopic (exact) mass is 343 g/mol. The van der Waals surface area contributed by atoms with E-state index in [1.54, 1.807) is 14.2 Å². The molecule has 1 amide bonds. The summed E-state index contributed by atoms with van der Waals surface area (Å²) < 4.78 is 16.0. The van der Waals surface area contributed by atoms with Crippen molar-refractivity contribution < 1.29 is 19.0 Å². The summed E-state index contributed by atoms with van der Waals surface area (Å²) in [6, 6.07) is 13.5. The molecular formula is C20H25NO4. The van der Waals surface area contributed by atoms with Crippen molar-refractivity contribution in [1.82, 2.24) is 5.32 Å². The number of benzene rings is 2. The maximum absolute atomic E-state index is 11.9. The van der Waals surface area contributed by atoms with Gasteiger partial charge in [-0.15, -0.1) is 0 Å². The zero-order valence-electron chi connectivity index (χ0n) is 15.0. The molecule has 0 aliphatic heterocycles. The van der Waals surface area contributed by atoms with Gasteiger partial charge in [-0.3, -0.25) is 4.79 Å². The second-order valence-corrected chi connectivity index (χ2v) is 5.70. The summed E-state index contributed by atoms with van der Waals surface area (Å²) in [5.41, 5.74) is 2.16. The van der Waals surface area contributed by atoms with E-state index >= 15 is 0 Å². The minimum atomic E-state index is -0.115. The number of carbonyl (C=O) groups excluding carboxylic acids is 1. The SMILES string of the molecule is COc1ccc(CCCNC(=O)COc2ccccc2C)cc1OC. The van der Waals surface area contributed by atoms with Crippen molar-refractivity contribution in [3.63, 3.8) is 0 Å². The standard InChI is InChI=1S/C20H25NO4/c1-15-7-4-5-9-17(15)25-14-20(22)21-12-6-8-16-10-11-18(23-2)19(13-16)24-3/h4-5,7,9-11,13H,6,8,12,14H2,1-3H3,(H,21,22). The van der Waals surface area contributed by atoms with Gasteiger partial charge in [0.1, 0.15) is 5.75 Å². The van der Waals surface area contributed by atoms with Gasteiger partial charge in [0.05, 0.1) is 14.2 Å². The topological polar surface area (TPSA) is 56.8 Å². The summed E-state index contributed by atoms with van der Waals surface area (Å²) in [6.45, 7) is 2.59. The maximum Gasteiger partial charge on any atom is 0.257 e. The molecule has 0 aliphatic rings. The van der Waals surface area contributed by atoms with Crippen molar-refractivity contribution >= 4 is 5.91 Å². The third kappa shape index (κ3) is 5.71. The van der Waals surface area contributed by atoms with Crippen LogP contribution in [-0.2, 0) is 11.2 Å². The van der Waals surface area contributed by atoms with Gasteiger partial charge in [0.15, 0.2) is 18.1 Å². The van der Waals surface area contributed by atoms with Crippen LogP contribution in [0.2, 0.25) is 0 Å². The second kappa shape index (κ2) is 9.57. The van der Waals surface area contributed by atoms with Gasteiger partial charge in [0.2, 0.25) is 0 Å². The predicted octanol–water partition coefficient (Wildman–Crippen LogP) is 3.14. The highest BCUT2D eigenvalue weighted by Gasteiger charge is 2.06. The van der Waals surface area contributed by atoms with Crippen LogP contribution in [0.1, 0.15) is 17.5 Å². The Labute approximate surface area is 148 Å². The molecule has 25 heavy (non-hydrogen) atoms. The molecule has 0 saturated heterocycles. The van der Waals surface area contributed by atoms with E-state index in [0.29, 0.717) is 12.3 Å². The highest BCUT2D eigenvalue weighted by atomic mass is 16.5. The minimum Gasteiger partial charge on any atom is -0.493 e. The van der Waals surface area contributed by atoms with Gasteiger partial charge in [0, 0.05) is 6.54 Å². The van der Waals surface area contributed by atoms with E-state index < -0.39 is 0 Å². The lowest BCUT2D eigenvalue weighted by Gasteiger charge is -2.10. The first kappa shape index (κ1) is 18.6. The lowest BCUT2D eigenvalue weighted by atomic mass is 10.1. The summed E-state index contributed by atoms with van der Waals surface area (Å²) in [5, 5.41) is 2.87. The van der Waals surface area contributed by atoms with Crippen LogP contribution in [0.3, 0.4) is 0 Å². The number of amides is 1. The predicted molar refractivity (Wildman–Crippen MR) is 97.6 cm³/mol. The molecule has 0 unspecified atom stereocenters. The van der Waals surface area contributed by atoms with Crippen molar-refractivity contribution in [2.75, 3.05) is 27.4 Å². The van der Waals surface area contributed by atoms with Crippen LogP contribution in [0, 0.1) is 6.92 Å². The molecule has 0 fully saturated rings. The molecule has 0 heterocycles. The van der Waals surface area contributed by atoms with Gasteiger partial charge in [-0.2, -0.15) is 0 Å². The van der Waals surface area contributed by atoms with Crippen molar-refractivity contribution in [3.8, 4) is 17.2 Å². The first-order chi connectivity index (χ1) is 12.1. The molecule has 0 spiro atoms. The first-order valence-electron chi connectivity index (χ1n) is 8.30. The average molecular weight is 343 g/mol. The molecule has 0 aliphatic carbocycles. The van der Waals surface area contributed by atoms with Gasteiger partial charge >= 0.3 is 0 Å². The van der Waals surface area contributed by atoms with Crippen LogP contribution in [0.5, 0.6) is 17.2 Å². The number of hydrogen-bond donors (Lipinski definition) is 1. The fraction of sp³-hybridized carbons (Fsp3) is 0.350. The number of aryl methyl sites for hydroxylation is 2. The van der Waals surface area contributed by atoms with E-state index in [4.69, 9.17) is 14.2 Å². The molecule has 5 nitrogen and oxygen atoms in total. The van der Waals surface area contributed by atoms with Crippen molar-refractivity contribution in [3.05, 3.63) is 53.6 Å². The van der Waals surface area contributed by atoms with Crippen LogP contribution in [-0.4, -0.2) is 33.3 Å². The molecule has 0 aromatic heterocycles. The lowest BCUT2D eigenvalue weighted by Crippen LogP contribution is -2.30. The number of carbonyl (C=O) groups is 1. The van der Waals surface area contributed by atoms with Gasteiger partial charge in [-0.1, -0.05) is 24.3 Å². The van der Waals surface area contributed by atoms with E-state index in [0.717, 1.165) is 35.5 Å². The Bertz CT molecular complexity index is 700. The molecule has 1 N–H and O–H groups in total. The van der Waals surface area contributed by atoms with Crippen LogP contribution in [0.4, 0.5) is 0 Å². The molecule has 5 heteroatoms. The van der Waals surface area contributed by atoms with Crippen molar-refractivity contribution in [2.45, 2.75) is 19.8 Å². The van der Waals surface area contributed by atoms with Crippen LogP contribution in [0.25, 0.3) is 0 Å². The number of hydrogen-bond acceptors (Lipinski definition) is 4. The molecule has 0 radical (unpaired) electrons. The number of para-hydroxylation sites is 1. The molecular weight excluding hydrogens is 318 g/mol. The van der Waals surface area contributed by atoms with E-state index in [9.17, 15) is 4.79 Å².